The average molecular weight is 547 g/mol. The van der Waals surface area contributed by atoms with Gasteiger partial charge in [-0.3, -0.25) is 9.59 Å². The van der Waals surface area contributed by atoms with Crippen molar-refractivity contribution < 1.29 is 50.2 Å². The fourth-order valence-electron chi connectivity index (χ4n) is 5.46. The van der Waals surface area contributed by atoms with Crippen LogP contribution in [0, 0.1) is 11.7 Å². The highest BCUT2D eigenvalue weighted by Gasteiger charge is 2.57. The Hall–Kier alpha value is -3.15. The lowest BCUT2D eigenvalue weighted by atomic mass is 9.70. The lowest BCUT2D eigenvalue weighted by molar-refractivity contribution is -0.151. The summed E-state index contributed by atoms with van der Waals surface area (Å²) in [6.45, 7) is 2.91. The number of aliphatic carboxylic acids is 1. The quantitative estimate of drug-likeness (QED) is 0.469. The van der Waals surface area contributed by atoms with Crippen molar-refractivity contribution in [2.75, 3.05) is 6.54 Å². The molecule has 0 bridgehead atoms. The summed E-state index contributed by atoms with van der Waals surface area (Å²) in [5.74, 6) is -3.16. The van der Waals surface area contributed by atoms with Gasteiger partial charge in [0.05, 0.1) is 29.3 Å². The Labute approximate surface area is 213 Å². The predicted molar refractivity (Wildman–Crippen MR) is 119 cm³/mol. The first kappa shape index (κ1) is 27.9. The van der Waals surface area contributed by atoms with Crippen LogP contribution in [-0.4, -0.2) is 40.6 Å². The highest BCUT2D eigenvalue weighted by Crippen LogP contribution is 2.48. The molecule has 2 heterocycles. The molecule has 2 aliphatic heterocycles. The average Bonchev–Trinajstić information content (AvgIpc) is 3.11. The van der Waals surface area contributed by atoms with Crippen LogP contribution in [0.3, 0.4) is 0 Å². The van der Waals surface area contributed by atoms with Crippen molar-refractivity contribution in [2.45, 2.75) is 62.7 Å². The van der Waals surface area contributed by atoms with Crippen LogP contribution >= 0.6 is 0 Å². The normalized spacial score (nSPS) is 26.8. The van der Waals surface area contributed by atoms with Gasteiger partial charge in [-0.05, 0) is 54.8 Å². The Kier molecular flexibility index (Phi) is 7.00. The first-order chi connectivity index (χ1) is 17.5. The molecule has 4 rings (SSSR count). The van der Waals surface area contributed by atoms with Crippen LogP contribution in [0.2, 0.25) is 0 Å². The Morgan fingerprint density at radius 2 is 1.61 bits per heavy atom. The van der Waals surface area contributed by atoms with Gasteiger partial charge in [-0.2, -0.15) is 26.3 Å². The van der Waals surface area contributed by atoms with E-state index in [0.29, 0.717) is 17.7 Å². The molecule has 2 aromatic carbocycles. The van der Waals surface area contributed by atoms with Gasteiger partial charge in [-0.25, -0.2) is 4.39 Å². The zero-order valence-electron chi connectivity index (χ0n) is 20.2. The van der Waals surface area contributed by atoms with Crippen molar-refractivity contribution in [1.29, 1.82) is 0 Å². The minimum atomic E-state index is -5.04. The molecule has 1 amide bonds. The highest BCUT2D eigenvalue weighted by atomic mass is 19.4. The van der Waals surface area contributed by atoms with Crippen LogP contribution in [0.4, 0.5) is 30.7 Å². The van der Waals surface area contributed by atoms with Crippen molar-refractivity contribution in [1.82, 2.24) is 4.90 Å². The number of amides is 1. The van der Waals surface area contributed by atoms with E-state index in [1.165, 1.54) is 36.1 Å². The maximum Gasteiger partial charge on any atom is 0.416 e. The number of halogens is 7. The summed E-state index contributed by atoms with van der Waals surface area (Å²) in [7, 11) is 0. The standard InChI is InChI=1S/C26H24F7NO4/c1-13(14-7-17(25(28,29)30)11-18(8-14)26(31,32)33)38-21-12-34-20(9-15(23(36)37)10-22(34)35)24(21,2)16-3-5-19(27)6-4-16/h3-8,11,13,15,20-21H,9-10,12H2,1-2H3,(H,36,37)/t13-,15?,20+,21+,24+/m1/s1. The summed E-state index contributed by atoms with van der Waals surface area (Å²) < 4.78 is 100. The van der Waals surface area contributed by atoms with E-state index in [-0.39, 0.29) is 31.0 Å². The molecule has 206 valence electrons. The molecule has 38 heavy (non-hydrogen) atoms. The summed E-state index contributed by atoms with van der Waals surface area (Å²) in [5, 5.41) is 9.56. The Balaban J connectivity index is 1.75. The van der Waals surface area contributed by atoms with E-state index in [4.69, 9.17) is 4.74 Å². The third-order valence-electron chi connectivity index (χ3n) is 7.61. The van der Waals surface area contributed by atoms with Crippen molar-refractivity contribution in [3.63, 3.8) is 0 Å². The molecular formula is C26H24F7NO4. The molecule has 2 aromatic rings. The molecule has 2 aliphatic rings. The van der Waals surface area contributed by atoms with Crippen molar-refractivity contribution in [3.05, 3.63) is 70.5 Å². The maximum absolute atomic E-state index is 13.7. The minimum absolute atomic E-state index is 0.0272. The zero-order chi connectivity index (χ0) is 28.2. The highest BCUT2D eigenvalue weighted by molar-refractivity contribution is 5.84. The van der Waals surface area contributed by atoms with Crippen LogP contribution < -0.4 is 0 Å². The number of ether oxygens (including phenoxy) is 1. The number of hydrogen-bond donors (Lipinski definition) is 1. The number of rotatable bonds is 5. The number of alkyl halides is 6. The van der Waals surface area contributed by atoms with Crippen LogP contribution in [0.1, 0.15) is 55.0 Å². The fraction of sp³-hybridized carbons (Fsp3) is 0.462. The van der Waals surface area contributed by atoms with E-state index in [9.17, 15) is 45.4 Å². The van der Waals surface area contributed by atoms with E-state index < -0.39 is 70.8 Å². The van der Waals surface area contributed by atoms with Gasteiger partial charge < -0.3 is 14.7 Å². The summed E-state index contributed by atoms with van der Waals surface area (Å²) in [5.41, 5.74) is -3.99. The molecule has 2 saturated heterocycles. The number of carboxylic acid groups (broad SMARTS) is 1. The maximum atomic E-state index is 13.7. The van der Waals surface area contributed by atoms with Crippen LogP contribution in [0.15, 0.2) is 42.5 Å². The van der Waals surface area contributed by atoms with Gasteiger partial charge in [0, 0.05) is 24.4 Å². The van der Waals surface area contributed by atoms with E-state index in [0.717, 1.165) is 0 Å². The monoisotopic (exact) mass is 547 g/mol. The number of nitrogens with zero attached hydrogens (tertiary/aromatic N) is 1. The first-order valence-corrected chi connectivity index (χ1v) is 11.7. The van der Waals surface area contributed by atoms with E-state index in [1.54, 1.807) is 6.92 Å². The third-order valence-corrected chi connectivity index (χ3v) is 7.61. The number of benzene rings is 2. The van der Waals surface area contributed by atoms with Gasteiger partial charge in [0.2, 0.25) is 5.91 Å². The third kappa shape index (κ3) is 5.10. The molecule has 0 radical (unpaired) electrons. The van der Waals surface area contributed by atoms with Gasteiger partial charge in [-0.1, -0.05) is 19.1 Å². The molecule has 2 fully saturated rings. The lowest BCUT2D eigenvalue weighted by Crippen LogP contribution is -2.51. The molecule has 5 atom stereocenters. The summed E-state index contributed by atoms with van der Waals surface area (Å²) >= 11 is 0. The van der Waals surface area contributed by atoms with Gasteiger partial charge in [0.15, 0.2) is 0 Å². The summed E-state index contributed by atoms with van der Waals surface area (Å²) in [6.07, 6.45) is -12.5. The molecule has 0 aromatic heterocycles. The number of carbonyl (C=O) groups is 2. The Morgan fingerprint density at radius 1 is 1.05 bits per heavy atom. The zero-order valence-corrected chi connectivity index (χ0v) is 20.2. The molecule has 12 heteroatoms. The van der Waals surface area contributed by atoms with Gasteiger partial charge in [-0.15, -0.1) is 0 Å². The second-order valence-electron chi connectivity index (χ2n) is 9.93. The largest absolute Gasteiger partial charge is 0.481 e. The second-order valence-corrected chi connectivity index (χ2v) is 9.93. The topological polar surface area (TPSA) is 66.8 Å². The number of hydrogen-bond acceptors (Lipinski definition) is 3. The Morgan fingerprint density at radius 3 is 2.11 bits per heavy atom. The molecule has 0 aliphatic carbocycles. The predicted octanol–water partition coefficient (Wildman–Crippen LogP) is 5.97. The van der Waals surface area contributed by atoms with Gasteiger partial charge >= 0.3 is 18.3 Å². The number of carboxylic acids is 1. The number of piperidine rings is 1. The molecule has 0 spiro atoms. The van der Waals surface area contributed by atoms with Crippen molar-refractivity contribution in [2.24, 2.45) is 5.92 Å². The SMILES string of the molecule is C[C@@H](O[C@H]1CN2C(=O)CC(C(=O)O)C[C@H]2[C@]1(C)c1ccc(F)cc1)c1cc(C(F)(F)F)cc(C(F)(F)F)c1. The molecule has 1 N–H and O–H groups in total. The number of carbonyl (C=O) groups excluding carboxylic acids is 1. The van der Waals surface area contributed by atoms with E-state index in [2.05, 4.69) is 0 Å². The lowest BCUT2D eigenvalue weighted by Gasteiger charge is -2.42. The smallest absolute Gasteiger partial charge is 0.416 e. The minimum Gasteiger partial charge on any atom is -0.481 e. The molecular weight excluding hydrogens is 523 g/mol. The first-order valence-electron chi connectivity index (χ1n) is 11.7. The number of fused-ring (bicyclic) bond motifs is 1. The molecule has 5 nitrogen and oxygen atoms in total. The van der Waals surface area contributed by atoms with Crippen LogP contribution in [0.25, 0.3) is 0 Å². The van der Waals surface area contributed by atoms with Crippen LogP contribution in [-0.2, 0) is 32.1 Å². The van der Waals surface area contributed by atoms with Crippen LogP contribution in [0.5, 0.6) is 0 Å². The summed E-state index contributed by atoms with van der Waals surface area (Å²) in [6, 6.07) is 5.73. The molecule has 0 saturated carbocycles. The van der Waals surface area contributed by atoms with Gasteiger partial charge in [0.1, 0.15) is 5.82 Å². The Bertz CT molecular complexity index is 1200. The fourth-order valence-corrected chi connectivity index (χ4v) is 5.46. The molecule has 1 unspecified atom stereocenters. The van der Waals surface area contributed by atoms with Gasteiger partial charge in [0.25, 0.3) is 0 Å². The summed E-state index contributed by atoms with van der Waals surface area (Å²) in [4.78, 5) is 26.0. The van der Waals surface area contributed by atoms with Crippen molar-refractivity contribution in [3.8, 4) is 0 Å². The van der Waals surface area contributed by atoms with E-state index in [1.807, 2.05) is 0 Å². The van der Waals surface area contributed by atoms with Crippen molar-refractivity contribution >= 4 is 11.9 Å². The second kappa shape index (κ2) is 9.55. The van der Waals surface area contributed by atoms with E-state index >= 15 is 0 Å².